The van der Waals surface area contributed by atoms with Gasteiger partial charge in [-0.1, -0.05) is 0 Å². The molecular weight excluding hydrogens is 247 g/mol. The minimum Gasteiger partial charge on any atom is -0.343 e. The highest BCUT2D eigenvalue weighted by Gasteiger charge is 2.45. The Morgan fingerprint density at radius 2 is 1.94 bits per heavy atom. The topological polar surface area (TPSA) is 49.6 Å². The third-order valence-electron chi connectivity index (χ3n) is 3.55. The van der Waals surface area contributed by atoms with Crippen molar-refractivity contribution in [2.24, 2.45) is 11.7 Å². The number of hydrogen-bond acceptors (Lipinski definition) is 3. The Bertz CT molecular complexity index is 317. The van der Waals surface area contributed by atoms with E-state index in [4.69, 9.17) is 5.73 Å². The van der Waals surface area contributed by atoms with E-state index in [2.05, 4.69) is 0 Å². The van der Waals surface area contributed by atoms with Crippen molar-refractivity contribution in [2.45, 2.75) is 25.6 Å². The molecule has 1 fully saturated rings. The number of nitrogens with zero attached hydrogens (tertiary/aromatic N) is 2. The lowest BCUT2D eigenvalue weighted by Crippen LogP contribution is -2.63. The van der Waals surface area contributed by atoms with Crippen LogP contribution < -0.4 is 5.73 Å². The van der Waals surface area contributed by atoms with Crippen LogP contribution in [0.4, 0.5) is 13.2 Å². The Kier molecular flexibility index (Phi) is 4.27. The zero-order chi connectivity index (χ0) is 14.1. The first kappa shape index (κ1) is 15.2. The maximum absolute atomic E-state index is 12.7. The minimum atomic E-state index is -4.32. The van der Waals surface area contributed by atoms with E-state index < -0.39 is 24.2 Å². The summed E-state index contributed by atoms with van der Waals surface area (Å²) >= 11 is 0. The van der Waals surface area contributed by atoms with Crippen LogP contribution in [-0.2, 0) is 4.79 Å². The van der Waals surface area contributed by atoms with E-state index in [1.54, 1.807) is 30.7 Å². The molecule has 106 valence electrons. The SMILES string of the molecule is CN1CCN(CC(CN)C(F)(F)F)C(C)(C)C1=O. The monoisotopic (exact) mass is 267 g/mol. The van der Waals surface area contributed by atoms with Crippen LogP contribution in [0.5, 0.6) is 0 Å². The number of nitrogens with two attached hydrogens (primary N) is 1. The number of carbonyl (C=O) groups excluding carboxylic acids is 1. The number of likely N-dealkylation sites (N-methyl/N-ethyl adjacent to an activating group) is 1. The number of piperazine rings is 1. The molecule has 7 heteroatoms. The molecule has 1 saturated heterocycles. The van der Waals surface area contributed by atoms with Crippen LogP contribution in [0, 0.1) is 5.92 Å². The summed E-state index contributed by atoms with van der Waals surface area (Å²) in [6.07, 6.45) is -4.32. The summed E-state index contributed by atoms with van der Waals surface area (Å²) in [7, 11) is 1.66. The van der Waals surface area contributed by atoms with Crippen LogP contribution in [0.15, 0.2) is 0 Å². The van der Waals surface area contributed by atoms with Crippen LogP contribution >= 0.6 is 0 Å². The highest BCUT2D eigenvalue weighted by Crippen LogP contribution is 2.30. The highest BCUT2D eigenvalue weighted by atomic mass is 19.4. The van der Waals surface area contributed by atoms with Gasteiger partial charge in [0.15, 0.2) is 0 Å². The lowest BCUT2D eigenvalue weighted by atomic mass is 9.95. The van der Waals surface area contributed by atoms with Crippen molar-refractivity contribution in [3.05, 3.63) is 0 Å². The summed E-state index contributed by atoms with van der Waals surface area (Å²) in [5.74, 6) is -1.75. The average Bonchev–Trinajstić information content (AvgIpc) is 2.23. The smallest absolute Gasteiger partial charge is 0.343 e. The van der Waals surface area contributed by atoms with E-state index in [0.717, 1.165) is 0 Å². The van der Waals surface area contributed by atoms with Crippen molar-refractivity contribution in [1.29, 1.82) is 0 Å². The summed E-state index contributed by atoms with van der Waals surface area (Å²) in [5.41, 5.74) is 4.27. The van der Waals surface area contributed by atoms with E-state index >= 15 is 0 Å². The fourth-order valence-electron chi connectivity index (χ4n) is 2.15. The Labute approximate surface area is 105 Å². The lowest BCUT2D eigenvalue weighted by Gasteiger charge is -2.46. The van der Waals surface area contributed by atoms with E-state index in [0.29, 0.717) is 13.1 Å². The Morgan fingerprint density at radius 3 is 2.39 bits per heavy atom. The van der Waals surface area contributed by atoms with Crippen molar-refractivity contribution in [3.8, 4) is 0 Å². The van der Waals surface area contributed by atoms with Crippen LogP contribution in [0.25, 0.3) is 0 Å². The number of amides is 1. The fraction of sp³-hybridized carbons (Fsp3) is 0.909. The van der Waals surface area contributed by atoms with Crippen molar-refractivity contribution in [1.82, 2.24) is 9.80 Å². The molecule has 1 heterocycles. The standard InChI is InChI=1S/C11H20F3N3O/c1-10(2)9(18)16(3)4-5-17(10)7-8(6-15)11(12,13)14/h8H,4-7,15H2,1-3H3. The molecule has 0 bridgehead atoms. The second-order valence-corrected chi connectivity index (χ2v) is 5.21. The summed E-state index contributed by atoms with van der Waals surface area (Å²) in [6.45, 7) is 3.48. The van der Waals surface area contributed by atoms with Gasteiger partial charge in [-0.25, -0.2) is 0 Å². The van der Waals surface area contributed by atoms with Crippen LogP contribution in [-0.4, -0.2) is 60.6 Å². The zero-order valence-corrected chi connectivity index (χ0v) is 10.9. The molecule has 1 amide bonds. The largest absolute Gasteiger partial charge is 0.394 e. The van der Waals surface area contributed by atoms with Gasteiger partial charge in [-0.15, -0.1) is 0 Å². The van der Waals surface area contributed by atoms with Crippen LogP contribution in [0.2, 0.25) is 0 Å². The number of alkyl halides is 3. The normalized spacial score (nSPS) is 23.3. The van der Waals surface area contributed by atoms with Gasteiger partial charge >= 0.3 is 6.18 Å². The first-order valence-corrected chi connectivity index (χ1v) is 5.88. The fourth-order valence-corrected chi connectivity index (χ4v) is 2.15. The summed E-state index contributed by atoms with van der Waals surface area (Å²) in [5, 5.41) is 0. The second kappa shape index (κ2) is 5.05. The third kappa shape index (κ3) is 2.95. The molecule has 0 spiro atoms. The minimum absolute atomic E-state index is 0.160. The van der Waals surface area contributed by atoms with Gasteiger partial charge in [0.2, 0.25) is 5.91 Å². The van der Waals surface area contributed by atoms with Gasteiger partial charge in [-0.3, -0.25) is 9.69 Å². The Morgan fingerprint density at radius 1 is 1.39 bits per heavy atom. The Hall–Kier alpha value is -0.820. The Balaban J connectivity index is 2.81. The lowest BCUT2D eigenvalue weighted by molar-refractivity contribution is -0.184. The molecular formula is C11H20F3N3O. The molecule has 0 saturated carbocycles. The second-order valence-electron chi connectivity index (χ2n) is 5.21. The quantitative estimate of drug-likeness (QED) is 0.818. The first-order valence-electron chi connectivity index (χ1n) is 5.88. The molecule has 0 aliphatic carbocycles. The first-order chi connectivity index (χ1) is 8.10. The predicted octanol–water partition coefficient (Wildman–Crippen LogP) is 0.676. The molecule has 18 heavy (non-hydrogen) atoms. The van der Waals surface area contributed by atoms with E-state index in [1.807, 2.05) is 0 Å². The van der Waals surface area contributed by atoms with Crippen LogP contribution in [0.1, 0.15) is 13.8 Å². The molecule has 0 aromatic carbocycles. The molecule has 0 aromatic heterocycles. The molecule has 1 rings (SSSR count). The molecule has 4 nitrogen and oxygen atoms in total. The number of halogens is 3. The molecule has 0 aromatic rings. The number of rotatable bonds is 3. The summed E-state index contributed by atoms with van der Waals surface area (Å²) < 4.78 is 38.1. The maximum Gasteiger partial charge on any atom is 0.394 e. The van der Waals surface area contributed by atoms with Gasteiger partial charge in [0, 0.05) is 33.2 Å². The van der Waals surface area contributed by atoms with E-state index in [9.17, 15) is 18.0 Å². The molecule has 2 N–H and O–H groups in total. The van der Waals surface area contributed by atoms with Gasteiger partial charge in [0.1, 0.15) is 0 Å². The average molecular weight is 267 g/mol. The van der Waals surface area contributed by atoms with E-state index in [-0.39, 0.29) is 12.5 Å². The molecule has 1 atom stereocenters. The molecule has 0 radical (unpaired) electrons. The third-order valence-corrected chi connectivity index (χ3v) is 3.55. The molecule has 1 aliphatic heterocycles. The maximum atomic E-state index is 12.7. The zero-order valence-electron chi connectivity index (χ0n) is 10.9. The highest BCUT2D eigenvalue weighted by molar-refractivity contribution is 5.86. The van der Waals surface area contributed by atoms with Crippen LogP contribution in [0.3, 0.4) is 0 Å². The van der Waals surface area contributed by atoms with Gasteiger partial charge in [0.05, 0.1) is 11.5 Å². The van der Waals surface area contributed by atoms with Crippen molar-refractivity contribution < 1.29 is 18.0 Å². The van der Waals surface area contributed by atoms with Gasteiger partial charge in [-0.05, 0) is 13.8 Å². The summed E-state index contributed by atoms with van der Waals surface area (Å²) in [6, 6.07) is 0. The van der Waals surface area contributed by atoms with Gasteiger partial charge in [-0.2, -0.15) is 13.2 Å². The van der Waals surface area contributed by atoms with Gasteiger partial charge < -0.3 is 10.6 Å². The number of carbonyl (C=O) groups is 1. The predicted molar refractivity (Wildman–Crippen MR) is 61.9 cm³/mol. The number of hydrogen-bond donors (Lipinski definition) is 1. The van der Waals surface area contributed by atoms with Crippen molar-refractivity contribution in [3.63, 3.8) is 0 Å². The molecule has 1 aliphatic rings. The molecule has 1 unspecified atom stereocenters. The van der Waals surface area contributed by atoms with Gasteiger partial charge in [0.25, 0.3) is 0 Å². The summed E-state index contributed by atoms with van der Waals surface area (Å²) in [4.78, 5) is 15.1. The van der Waals surface area contributed by atoms with Crippen molar-refractivity contribution >= 4 is 5.91 Å². The van der Waals surface area contributed by atoms with Crippen molar-refractivity contribution in [2.75, 3.05) is 33.2 Å². The van der Waals surface area contributed by atoms with E-state index in [1.165, 1.54) is 0 Å².